The fourth-order valence-corrected chi connectivity index (χ4v) is 4.12. The van der Waals surface area contributed by atoms with Crippen LogP contribution in [-0.2, 0) is 4.79 Å². The van der Waals surface area contributed by atoms with Crippen LogP contribution in [0.1, 0.15) is 48.7 Å². The lowest BCUT2D eigenvalue weighted by Gasteiger charge is -2.22. The number of hydrogen-bond acceptors (Lipinski definition) is 2. The van der Waals surface area contributed by atoms with Gasteiger partial charge < -0.3 is 15.5 Å². The number of benzene rings is 2. The molecule has 2 aromatic rings. The Morgan fingerprint density at radius 1 is 1.18 bits per heavy atom. The average Bonchev–Trinajstić information content (AvgIpc) is 3.16. The Balaban J connectivity index is 1.74. The summed E-state index contributed by atoms with van der Waals surface area (Å²) in [5.74, 6) is -0.0610. The highest BCUT2D eigenvalue weighted by Gasteiger charge is 2.32. The molecule has 1 aliphatic heterocycles. The van der Waals surface area contributed by atoms with Crippen molar-refractivity contribution in [2.45, 2.75) is 38.8 Å². The van der Waals surface area contributed by atoms with Gasteiger partial charge in [0.1, 0.15) is 12.6 Å². The number of nitrogens with one attached hydrogen (secondary N) is 2. The van der Waals surface area contributed by atoms with E-state index in [1.807, 2.05) is 36.4 Å². The molecule has 2 aromatic carbocycles. The first kappa shape index (κ1) is 20.2. The van der Waals surface area contributed by atoms with Gasteiger partial charge in [-0.2, -0.15) is 0 Å². The van der Waals surface area contributed by atoms with Gasteiger partial charge in [0.15, 0.2) is 11.8 Å². The van der Waals surface area contributed by atoms with Crippen molar-refractivity contribution in [1.82, 2.24) is 0 Å². The minimum Gasteiger partial charge on any atom is -0.328 e. The number of carbonyl (C=O) groups is 2. The Labute approximate surface area is 167 Å². The molecule has 5 nitrogen and oxygen atoms in total. The minimum atomic E-state index is -0.305. The normalized spacial score (nSPS) is 19.9. The molecule has 1 unspecified atom stereocenters. The van der Waals surface area contributed by atoms with Crippen LogP contribution < -0.4 is 15.5 Å². The Hall–Kier alpha value is -2.50. The number of anilines is 1. The van der Waals surface area contributed by atoms with Gasteiger partial charge in [0.2, 0.25) is 0 Å². The third-order valence-electron chi connectivity index (χ3n) is 5.72. The standard InChI is InChI=1S/C23H29N3O2/c1-3-26-14-8-13-21(26)16-24-22(18-9-5-4-6-10-18)23(28)25-20-12-7-11-19(15-20)17(2)27/h4-7,9-12,15,21-22,24H,3,8,13-14,16H2,1-2H3,(H,25,28)/p+2/t21-,22-/m0/s1. The van der Waals surface area contributed by atoms with Gasteiger partial charge in [0.25, 0.3) is 5.91 Å². The fraction of sp³-hybridized carbons (Fsp3) is 0.391. The van der Waals surface area contributed by atoms with Crippen molar-refractivity contribution in [2.75, 3.05) is 25.0 Å². The van der Waals surface area contributed by atoms with Crippen LogP contribution in [0, 0.1) is 0 Å². The topological polar surface area (TPSA) is 67.2 Å². The summed E-state index contributed by atoms with van der Waals surface area (Å²) in [5, 5.41) is 5.18. The first-order chi connectivity index (χ1) is 13.6. The Bertz CT molecular complexity index is 807. The molecule has 0 spiro atoms. The first-order valence-electron chi connectivity index (χ1n) is 10.2. The van der Waals surface area contributed by atoms with Crippen LogP contribution in [0.15, 0.2) is 54.6 Å². The van der Waals surface area contributed by atoms with Crippen molar-refractivity contribution in [3.8, 4) is 0 Å². The number of rotatable bonds is 8. The summed E-state index contributed by atoms with van der Waals surface area (Å²) in [7, 11) is 0. The number of hydrogen-bond donors (Lipinski definition) is 3. The van der Waals surface area contributed by atoms with Gasteiger partial charge >= 0.3 is 0 Å². The SMILES string of the molecule is CC[NH+]1CCC[C@H]1C[NH2+][C@H](C(=O)Nc1cccc(C(C)=O)c1)c1ccccc1. The Morgan fingerprint density at radius 3 is 2.68 bits per heavy atom. The Kier molecular flexibility index (Phi) is 6.95. The van der Waals surface area contributed by atoms with Gasteiger partial charge in [-0.1, -0.05) is 42.5 Å². The van der Waals surface area contributed by atoms with E-state index in [0.29, 0.717) is 17.3 Å². The zero-order chi connectivity index (χ0) is 19.9. The highest BCUT2D eigenvalue weighted by Crippen LogP contribution is 2.15. The van der Waals surface area contributed by atoms with Gasteiger partial charge in [0.05, 0.1) is 13.1 Å². The zero-order valence-electron chi connectivity index (χ0n) is 16.8. The predicted octanol–water partition coefficient (Wildman–Crippen LogP) is 1.20. The second-order valence-corrected chi connectivity index (χ2v) is 7.59. The van der Waals surface area contributed by atoms with Crippen LogP contribution in [-0.4, -0.2) is 37.4 Å². The van der Waals surface area contributed by atoms with E-state index in [1.54, 1.807) is 23.1 Å². The average molecular weight is 382 g/mol. The molecule has 5 heteroatoms. The second-order valence-electron chi connectivity index (χ2n) is 7.59. The molecule has 1 aliphatic rings. The summed E-state index contributed by atoms with van der Waals surface area (Å²) in [6, 6.07) is 17.3. The molecule has 0 aliphatic carbocycles. The van der Waals surface area contributed by atoms with E-state index in [9.17, 15) is 9.59 Å². The third kappa shape index (κ3) is 5.06. The van der Waals surface area contributed by atoms with Gasteiger partial charge in [-0.05, 0) is 26.0 Å². The van der Waals surface area contributed by atoms with Crippen molar-refractivity contribution in [3.05, 3.63) is 65.7 Å². The Morgan fingerprint density at radius 2 is 1.96 bits per heavy atom. The van der Waals surface area contributed by atoms with Gasteiger partial charge in [-0.15, -0.1) is 0 Å². The first-order valence-corrected chi connectivity index (χ1v) is 10.2. The summed E-state index contributed by atoms with van der Waals surface area (Å²) in [4.78, 5) is 26.4. The number of quaternary nitrogens is 2. The lowest BCUT2D eigenvalue weighted by molar-refractivity contribution is -0.925. The number of carbonyl (C=O) groups excluding carboxylic acids is 2. The van der Waals surface area contributed by atoms with E-state index >= 15 is 0 Å². The highest BCUT2D eigenvalue weighted by atomic mass is 16.2. The molecule has 1 fully saturated rings. The summed E-state index contributed by atoms with van der Waals surface area (Å²) < 4.78 is 0. The quantitative estimate of drug-likeness (QED) is 0.602. The molecule has 3 atom stereocenters. The van der Waals surface area contributed by atoms with Gasteiger partial charge in [-0.25, -0.2) is 0 Å². The highest BCUT2D eigenvalue weighted by molar-refractivity contribution is 5.98. The van der Waals surface area contributed by atoms with E-state index in [0.717, 1.165) is 18.7 Å². The molecule has 1 amide bonds. The van der Waals surface area contributed by atoms with E-state index < -0.39 is 0 Å². The smallest absolute Gasteiger partial charge is 0.287 e. The molecule has 1 saturated heterocycles. The predicted molar refractivity (Wildman–Crippen MR) is 110 cm³/mol. The molecule has 0 radical (unpaired) electrons. The van der Waals surface area contributed by atoms with E-state index in [4.69, 9.17) is 0 Å². The van der Waals surface area contributed by atoms with Crippen molar-refractivity contribution < 1.29 is 19.8 Å². The second kappa shape index (κ2) is 9.62. The number of nitrogens with two attached hydrogens (primary N) is 1. The fourth-order valence-electron chi connectivity index (χ4n) is 4.12. The monoisotopic (exact) mass is 381 g/mol. The third-order valence-corrected chi connectivity index (χ3v) is 5.72. The summed E-state index contributed by atoms with van der Waals surface area (Å²) in [6.45, 7) is 7.07. The zero-order valence-corrected chi connectivity index (χ0v) is 16.8. The van der Waals surface area contributed by atoms with Crippen LogP contribution in [0.3, 0.4) is 0 Å². The number of likely N-dealkylation sites (tertiary alicyclic amines) is 1. The molecule has 0 aromatic heterocycles. The molecule has 148 valence electrons. The lowest BCUT2D eigenvalue weighted by atomic mass is 10.0. The van der Waals surface area contributed by atoms with E-state index in [2.05, 4.69) is 17.6 Å². The number of likely N-dealkylation sites (N-methyl/N-ethyl adjacent to an activating group) is 1. The number of ketones is 1. The molecular formula is C23H31N3O2+2. The van der Waals surface area contributed by atoms with Crippen LogP contribution in [0.25, 0.3) is 0 Å². The van der Waals surface area contributed by atoms with Crippen molar-refractivity contribution in [2.24, 2.45) is 0 Å². The molecule has 3 rings (SSSR count). The summed E-state index contributed by atoms with van der Waals surface area (Å²) in [6.07, 6.45) is 2.49. The maximum atomic E-state index is 13.1. The number of amides is 1. The molecule has 1 heterocycles. The van der Waals surface area contributed by atoms with Crippen molar-refractivity contribution in [3.63, 3.8) is 0 Å². The van der Waals surface area contributed by atoms with E-state index in [1.165, 1.54) is 26.3 Å². The van der Waals surface area contributed by atoms with E-state index in [-0.39, 0.29) is 17.7 Å². The van der Waals surface area contributed by atoms with Crippen LogP contribution in [0.5, 0.6) is 0 Å². The van der Waals surface area contributed by atoms with Crippen LogP contribution >= 0.6 is 0 Å². The lowest BCUT2D eigenvalue weighted by Crippen LogP contribution is -3.16. The van der Waals surface area contributed by atoms with Crippen molar-refractivity contribution >= 4 is 17.4 Å². The van der Waals surface area contributed by atoms with Crippen LogP contribution in [0.2, 0.25) is 0 Å². The van der Waals surface area contributed by atoms with Crippen molar-refractivity contribution in [1.29, 1.82) is 0 Å². The maximum Gasteiger partial charge on any atom is 0.287 e. The molecule has 28 heavy (non-hydrogen) atoms. The van der Waals surface area contributed by atoms with Gasteiger partial charge in [-0.3, -0.25) is 9.59 Å². The molecular weight excluding hydrogens is 350 g/mol. The maximum absolute atomic E-state index is 13.1. The molecule has 0 saturated carbocycles. The largest absolute Gasteiger partial charge is 0.328 e. The summed E-state index contributed by atoms with van der Waals surface area (Å²) in [5.41, 5.74) is 2.26. The molecule has 0 bridgehead atoms. The minimum absolute atomic E-state index is 0.00821. The van der Waals surface area contributed by atoms with Gasteiger partial charge in [0, 0.05) is 29.7 Å². The summed E-state index contributed by atoms with van der Waals surface area (Å²) >= 11 is 0. The molecule has 4 N–H and O–H groups in total. The van der Waals surface area contributed by atoms with Crippen LogP contribution in [0.4, 0.5) is 5.69 Å². The number of Topliss-reactive ketones (excluding diaryl/α,β-unsaturated/α-hetero) is 1.